The van der Waals surface area contributed by atoms with Gasteiger partial charge in [-0.25, -0.2) is 4.79 Å². The normalized spacial score (nSPS) is 17.6. The molecule has 3 N–H and O–H groups in total. The third-order valence-electron chi connectivity index (χ3n) is 14.8. The lowest BCUT2D eigenvalue weighted by Gasteiger charge is -2.40. The molecule has 2 aromatic rings. The number of ketones is 1. The lowest BCUT2D eigenvalue weighted by Crippen LogP contribution is -2.54. The van der Waals surface area contributed by atoms with Crippen molar-refractivity contribution in [1.82, 2.24) is 30.2 Å². The standard InChI is InChI=1S/C58H88N8O9/c1-13-40(6)53(64(10)57(72)52(38(2)3)62-55(39(4)5)63(8)9)48(74-11)36-51(70)65-33-21-24-46(65)54(75-12)41(7)47(67)35-44(34-42-22-17-16-18-23-42)56(71)61-45-27-25-43(26-28-45)37-60-58(73)59-31-19-14-15-20-32-66-49(68)29-30-50(66)69/h16-18,22-23,25-30,38-41,44,46,48,52-54H,13-15,19-21,24,31-37H2,1-12H3,(H,61,71)(H2,59,60,73)/t40-,41-,44+,46-,48+,52-,53-,54+/m0/s1. The predicted molar refractivity (Wildman–Crippen MR) is 294 cm³/mol. The summed E-state index contributed by atoms with van der Waals surface area (Å²) in [6, 6.07) is 15.0. The summed E-state index contributed by atoms with van der Waals surface area (Å²) in [6.45, 7) is 15.7. The van der Waals surface area contributed by atoms with Gasteiger partial charge in [0.15, 0.2) is 0 Å². The number of benzene rings is 2. The van der Waals surface area contributed by atoms with E-state index in [1.807, 2.05) is 87.1 Å². The SMILES string of the molecule is CC[C@H](C)[C@@H]([C@@H](CC(=O)N1CCC[C@H]1[C@H](OC)[C@@H](C)C(=O)C[C@@H](Cc1ccccc1)C(=O)Nc1ccc(CNC(=O)NCCCCCCN2C(=O)C=CC2=O)cc1)OC)N(C)C(=O)[C@@H](N=C(C(C)C)N(C)C)C(C)C. The van der Waals surface area contributed by atoms with Gasteiger partial charge in [-0.1, -0.05) is 110 Å². The number of unbranched alkanes of at least 4 members (excludes halogenated alkanes) is 3. The van der Waals surface area contributed by atoms with Gasteiger partial charge >= 0.3 is 6.03 Å². The van der Waals surface area contributed by atoms with Crippen LogP contribution in [0.5, 0.6) is 0 Å². The molecular formula is C58H88N8O9. The van der Waals surface area contributed by atoms with Crippen LogP contribution >= 0.6 is 0 Å². The number of hydrogen-bond acceptors (Lipinski definition) is 10. The second kappa shape index (κ2) is 30.6. The number of nitrogens with one attached hydrogen (secondary N) is 3. The molecule has 414 valence electrons. The Morgan fingerprint density at radius 1 is 0.800 bits per heavy atom. The summed E-state index contributed by atoms with van der Waals surface area (Å²) in [7, 11) is 8.83. The van der Waals surface area contributed by atoms with Crippen LogP contribution < -0.4 is 16.0 Å². The smallest absolute Gasteiger partial charge is 0.315 e. The molecule has 0 aromatic heterocycles. The Kier molecular flexibility index (Phi) is 25.1. The Morgan fingerprint density at radius 2 is 1.45 bits per heavy atom. The van der Waals surface area contributed by atoms with Crippen molar-refractivity contribution in [3.8, 4) is 0 Å². The maximum absolute atomic E-state index is 14.5. The van der Waals surface area contributed by atoms with Gasteiger partial charge in [0.05, 0.1) is 30.7 Å². The van der Waals surface area contributed by atoms with Gasteiger partial charge in [0.2, 0.25) is 17.7 Å². The highest BCUT2D eigenvalue weighted by Gasteiger charge is 2.43. The minimum absolute atomic E-state index is 0.00222. The summed E-state index contributed by atoms with van der Waals surface area (Å²) in [4.78, 5) is 105. The molecule has 7 amide bonds. The molecule has 0 bridgehead atoms. The molecule has 0 spiro atoms. The van der Waals surface area contributed by atoms with E-state index in [1.54, 1.807) is 38.3 Å². The van der Waals surface area contributed by atoms with E-state index in [4.69, 9.17) is 14.5 Å². The number of likely N-dealkylation sites (N-methyl/N-ethyl adjacent to an activating group) is 1. The van der Waals surface area contributed by atoms with Gasteiger partial charge in [0, 0.05) is 104 Å². The molecule has 17 heteroatoms. The third-order valence-corrected chi connectivity index (χ3v) is 14.8. The number of aliphatic imine (C=N–C) groups is 1. The topological polar surface area (TPSA) is 199 Å². The molecule has 0 unspecified atom stereocenters. The van der Waals surface area contributed by atoms with E-state index < -0.39 is 36.1 Å². The fourth-order valence-electron chi connectivity index (χ4n) is 10.3. The Bertz CT molecular complexity index is 2220. The Hall–Kier alpha value is -5.94. The summed E-state index contributed by atoms with van der Waals surface area (Å²) in [5.74, 6) is -1.71. The Balaban J connectivity index is 1.37. The molecule has 17 nitrogen and oxygen atoms in total. The number of imide groups is 1. The van der Waals surface area contributed by atoms with Crippen molar-refractivity contribution in [2.24, 2.45) is 34.6 Å². The number of hydrogen-bond donors (Lipinski definition) is 3. The summed E-state index contributed by atoms with van der Waals surface area (Å²) in [5.41, 5.74) is 2.29. The predicted octanol–water partition coefficient (Wildman–Crippen LogP) is 7.29. The molecule has 2 aliphatic rings. The maximum atomic E-state index is 14.5. The summed E-state index contributed by atoms with van der Waals surface area (Å²) in [6.07, 6.45) is 6.94. The Labute approximate surface area is 447 Å². The van der Waals surface area contributed by atoms with Crippen LogP contribution in [0.2, 0.25) is 0 Å². The van der Waals surface area contributed by atoms with Gasteiger partial charge in [0.1, 0.15) is 17.7 Å². The highest BCUT2D eigenvalue weighted by Crippen LogP contribution is 2.31. The van der Waals surface area contributed by atoms with Gasteiger partial charge in [-0.3, -0.25) is 38.7 Å². The van der Waals surface area contributed by atoms with Crippen LogP contribution in [0.1, 0.15) is 117 Å². The number of anilines is 1. The third kappa shape index (κ3) is 18.1. The number of carbonyl (C=O) groups excluding carboxylic acids is 7. The van der Waals surface area contributed by atoms with Gasteiger partial charge in [-0.2, -0.15) is 0 Å². The van der Waals surface area contributed by atoms with Crippen LogP contribution in [-0.4, -0.2) is 152 Å². The first kappa shape index (κ1) is 61.6. The van der Waals surface area contributed by atoms with E-state index in [0.29, 0.717) is 44.6 Å². The fourth-order valence-corrected chi connectivity index (χ4v) is 10.3. The molecule has 8 atom stereocenters. The molecule has 4 rings (SSSR count). The van der Waals surface area contributed by atoms with Crippen molar-refractivity contribution < 1.29 is 43.0 Å². The van der Waals surface area contributed by atoms with Crippen molar-refractivity contribution in [1.29, 1.82) is 0 Å². The number of Topliss-reactive ketones (excluding diaryl/α,β-unsaturated/α-hetero) is 1. The highest BCUT2D eigenvalue weighted by atomic mass is 16.5. The molecule has 0 radical (unpaired) electrons. The van der Waals surface area contributed by atoms with Gasteiger partial charge in [0.25, 0.3) is 11.8 Å². The van der Waals surface area contributed by atoms with Crippen LogP contribution in [0.25, 0.3) is 0 Å². The monoisotopic (exact) mass is 1040 g/mol. The second-order valence-corrected chi connectivity index (χ2v) is 21.2. The van der Waals surface area contributed by atoms with E-state index in [0.717, 1.165) is 49.1 Å². The highest BCUT2D eigenvalue weighted by molar-refractivity contribution is 6.12. The first-order valence-corrected chi connectivity index (χ1v) is 27.1. The summed E-state index contributed by atoms with van der Waals surface area (Å²) < 4.78 is 12.2. The number of amidine groups is 1. The van der Waals surface area contributed by atoms with Crippen LogP contribution in [0.3, 0.4) is 0 Å². The van der Waals surface area contributed by atoms with Crippen molar-refractivity contribution in [2.75, 3.05) is 60.3 Å². The first-order chi connectivity index (χ1) is 35.7. The van der Waals surface area contributed by atoms with E-state index >= 15 is 0 Å². The van der Waals surface area contributed by atoms with Gasteiger partial charge in [-0.05, 0) is 67.2 Å². The quantitative estimate of drug-likeness (QED) is 0.0309. The number of amides is 7. The molecule has 0 saturated carbocycles. The zero-order valence-corrected chi connectivity index (χ0v) is 46.9. The van der Waals surface area contributed by atoms with E-state index in [2.05, 4.69) is 43.6 Å². The van der Waals surface area contributed by atoms with Crippen LogP contribution in [0.4, 0.5) is 10.5 Å². The molecule has 2 heterocycles. The van der Waals surface area contributed by atoms with Crippen LogP contribution in [0, 0.1) is 29.6 Å². The number of nitrogens with zero attached hydrogens (tertiary/aromatic N) is 5. The van der Waals surface area contributed by atoms with Crippen molar-refractivity contribution in [2.45, 2.75) is 150 Å². The zero-order chi connectivity index (χ0) is 55.4. The lowest BCUT2D eigenvalue weighted by atomic mass is 9.85. The summed E-state index contributed by atoms with van der Waals surface area (Å²) >= 11 is 0. The number of methoxy groups -OCH3 is 2. The van der Waals surface area contributed by atoms with Gasteiger partial charge < -0.3 is 40.1 Å². The largest absolute Gasteiger partial charge is 0.379 e. The van der Waals surface area contributed by atoms with Crippen LogP contribution in [-0.2, 0) is 51.2 Å². The summed E-state index contributed by atoms with van der Waals surface area (Å²) in [5, 5.41) is 8.73. The Morgan fingerprint density at radius 3 is 2.04 bits per heavy atom. The number of urea groups is 1. The zero-order valence-electron chi connectivity index (χ0n) is 46.9. The van der Waals surface area contributed by atoms with E-state index in [1.165, 1.54) is 17.1 Å². The van der Waals surface area contributed by atoms with E-state index in [9.17, 15) is 33.6 Å². The van der Waals surface area contributed by atoms with Crippen molar-refractivity contribution in [3.05, 3.63) is 77.9 Å². The molecule has 2 aromatic carbocycles. The van der Waals surface area contributed by atoms with Crippen molar-refractivity contribution in [3.63, 3.8) is 0 Å². The molecule has 1 fully saturated rings. The first-order valence-electron chi connectivity index (χ1n) is 27.1. The van der Waals surface area contributed by atoms with E-state index in [-0.39, 0.29) is 84.5 Å². The molecule has 0 aliphatic carbocycles. The molecular weight excluding hydrogens is 953 g/mol. The van der Waals surface area contributed by atoms with Crippen molar-refractivity contribution >= 4 is 52.9 Å². The molecule has 75 heavy (non-hydrogen) atoms. The number of likely N-dealkylation sites (tertiary alicyclic amines) is 1. The molecule has 1 saturated heterocycles. The average Bonchev–Trinajstić information content (AvgIpc) is 4.00. The lowest BCUT2D eigenvalue weighted by molar-refractivity contribution is -0.146. The second-order valence-electron chi connectivity index (χ2n) is 21.2. The number of rotatable bonds is 30. The molecule has 2 aliphatic heterocycles. The average molecular weight is 1040 g/mol. The minimum Gasteiger partial charge on any atom is -0.379 e. The number of ether oxygens (including phenoxy) is 2. The minimum atomic E-state index is -0.706. The fraction of sp³-hybridized carbons (Fsp3) is 0.621. The van der Waals surface area contributed by atoms with Crippen LogP contribution in [0.15, 0.2) is 71.7 Å². The maximum Gasteiger partial charge on any atom is 0.315 e. The van der Waals surface area contributed by atoms with Gasteiger partial charge in [-0.15, -0.1) is 0 Å². The number of carbonyl (C=O) groups is 7.